The van der Waals surface area contributed by atoms with Gasteiger partial charge in [0.2, 0.25) is 5.91 Å². The summed E-state index contributed by atoms with van der Waals surface area (Å²) < 4.78 is 1.59. The fourth-order valence-corrected chi connectivity index (χ4v) is 2.51. The van der Waals surface area contributed by atoms with Gasteiger partial charge in [-0.05, 0) is 31.5 Å². The molecule has 114 valence electrons. The number of rotatable bonds is 2. The summed E-state index contributed by atoms with van der Waals surface area (Å²) in [6.45, 7) is 2.91. The molecule has 1 saturated heterocycles. The van der Waals surface area contributed by atoms with Gasteiger partial charge >= 0.3 is 0 Å². The first-order valence-corrected chi connectivity index (χ1v) is 7.20. The molecular weight excluding hydrogens is 282 g/mol. The molecule has 0 bridgehead atoms. The van der Waals surface area contributed by atoms with Crippen LogP contribution in [0, 0.1) is 0 Å². The Morgan fingerprint density at radius 3 is 3.05 bits per heavy atom. The summed E-state index contributed by atoms with van der Waals surface area (Å²) in [7, 11) is 0. The molecule has 2 amide bonds. The largest absolute Gasteiger partial charge is 0.354 e. The molecular formula is C15H17N5O2. The minimum atomic E-state index is -0.468. The molecule has 0 radical (unpaired) electrons. The summed E-state index contributed by atoms with van der Waals surface area (Å²) in [4.78, 5) is 30.1. The Bertz CT molecular complexity index is 683. The van der Waals surface area contributed by atoms with Gasteiger partial charge in [0.05, 0.1) is 5.69 Å². The fourth-order valence-electron chi connectivity index (χ4n) is 2.51. The molecule has 0 aliphatic carbocycles. The predicted molar refractivity (Wildman–Crippen MR) is 79.5 cm³/mol. The van der Waals surface area contributed by atoms with Crippen LogP contribution in [0.25, 0.3) is 5.69 Å². The fraction of sp³-hybridized carbons (Fsp3) is 0.333. The van der Waals surface area contributed by atoms with Crippen LogP contribution in [0.4, 0.5) is 0 Å². The minimum Gasteiger partial charge on any atom is -0.354 e. The maximum absolute atomic E-state index is 12.7. The maximum Gasteiger partial charge on any atom is 0.254 e. The van der Waals surface area contributed by atoms with Crippen molar-refractivity contribution in [3.05, 3.63) is 42.5 Å². The average Bonchev–Trinajstić information content (AvgIpc) is 3.03. The van der Waals surface area contributed by atoms with E-state index >= 15 is 0 Å². The molecule has 1 aromatic carbocycles. The monoisotopic (exact) mass is 299 g/mol. The van der Waals surface area contributed by atoms with Gasteiger partial charge in [-0.2, -0.15) is 5.10 Å². The number of aromatic nitrogens is 3. The van der Waals surface area contributed by atoms with Crippen LogP contribution in [0.1, 0.15) is 23.7 Å². The van der Waals surface area contributed by atoms with Crippen LogP contribution < -0.4 is 5.32 Å². The normalized spacial score (nSPS) is 18.7. The van der Waals surface area contributed by atoms with E-state index in [9.17, 15) is 9.59 Å². The third-order valence-electron chi connectivity index (χ3n) is 3.76. The van der Waals surface area contributed by atoms with Gasteiger partial charge < -0.3 is 10.2 Å². The molecule has 7 nitrogen and oxygen atoms in total. The van der Waals surface area contributed by atoms with E-state index in [1.807, 2.05) is 6.07 Å². The van der Waals surface area contributed by atoms with E-state index in [1.165, 1.54) is 6.33 Å². The molecule has 7 heteroatoms. The lowest BCUT2D eigenvalue weighted by atomic mass is 10.1. The second-order valence-corrected chi connectivity index (χ2v) is 5.21. The SMILES string of the molecule is CC1C(=O)NCCCN1C(=O)c1cccc(-n2cncn2)c1. The van der Waals surface area contributed by atoms with Crippen LogP contribution >= 0.6 is 0 Å². The molecule has 1 atom stereocenters. The van der Waals surface area contributed by atoms with Crippen molar-refractivity contribution in [1.29, 1.82) is 0 Å². The van der Waals surface area contributed by atoms with Crippen molar-refractivity contribution in [1.82, 2.24) is 25.0 Å². The van der Waals surface area contributed by atoms with E-state index in [0.29, 0.717) is 18.7 Å². The molecule has 3 rings (SSSR count). The zero-order chi connectivity index (χ0) is 15.5. The lowest BCUT2D eigenvalue weighted by Crippen LogP contribution is -2.45. The van der Waals surface area contributed by atoms with E-state index in [2.05, 4.69) is 15.4 Å². The molecule has 1 fully saturated rings. The smallest absolute Gasteiger partial charge is 0.254 e. The molecule has 2 aromatic rings. The Kier molecular flexibility index (Phi) is 3.86. The lowest BCUT2D eigenvalue weighted by molar-refractivity contribution is -0.124. The van der Waals surface area contributed by atoms with Crippen molar-refractivity contribution in [2.24, 2.45) is 0 Å². The maximum atomic E-state index is 12.7. The van der Waals surface area contributed by atoms with E-state index in [-0.39, 0.29) is 11.8 Å². The van der Waals surface area contributed by atoms with Gasteiger partial charge in [-0.25, -0.2) is 9.67 Å². The minimum absolute atomic E-state index is 0.113. The van der Waals surface area contributed by atoms with E-state index in [4.69, 9.17) is 0 Å². The molecule has 1 aromatic heterocycles. The van der Waals surface area contributed by atoms with Crippen LogP contribution in [0.3, 0.4) is 0 Å². The van der Waals surface area contributed by atoms with Gasteiger partial charge in [-0.15, -0.1) is 0 Å². The highest BCUT2D eigenvalue weighted by Gasteiger charge is 2.28. The van der Waals surface area contributed by atoms with Gasteiger partial charge in [0.25, 0.3) is 5.91 Å². The highest BCUT2D eigenvalue weighted by Crippen LogP contribution is 2.15. The first-order chi connectivity index (χ1) is 10.7. The summed E-state index contributed by atoms with van der Waals surface area (Å²) in [5.41, 5.74) is 1.30. The molecule has 0 spiro atoms. The number of hydrogen-bond donors (Lipinski definition) is 1. The highest BCUT2D eigenvalue weighted by atomic mass is 16.2. The first-order valence-electron chi connectivity index (χ1n) is 7.20. The Balaban J connectivity index is 1.88. The average molecular weight is 299 g/mol. The number of amides is 2. The summed E-state index contributed by atoms with van der Waals surface area (Å²) >= 11 is 0. The van der Waals surface area contributed by atoms with Gasteiger partial charge in [-0.1, -0.05) is 6.07 Å². The molecule has 22 heavy (non-hydrogen) atoms. The number of benzene rings is 1. The summed E-state index contributed by atoms with van der Waals surface area (Å²) in [5, 5.41) is 6.87. The van der Waals surface area contributed by atoms with Crippen molar-refractivity contribution >= 4 is 11.8 Å². The first kappa shape index (κ1) is 14.2. The van der Waals surface area contributed by atoms with Crippen molar-refractivity contribution in [3.63, 3.8) is 0 Å². The second kappa shape index (κ2) is 5.97. The van der Waals surface area contributed by atoms with Crippen molar-refractivity contribution in [2.75, 3.05) is 13.1 Å². The Hall–Kier alpha value is -2.70. The zero-order valence-electron chi connectivity index (χ0n) is 12.3. The van der Waals surface area contributed by atoms with Crippen LogP contribution in [0.2, 0.25) is 0 Å². The molecule has 1 aliphatic heterocycles. The zero-order valence-corrected chi connectivity index (χ0v) is 12.3. The molecule has 1 N–H and O–H groups in total. The van der Waals surface area contributed by atoms with Crippen molar-refractivity contribution in [2.45, 2.75) is 19.4 Å². The lowest BCUT2D eigenvalue weighted by Gasteiger charge is -2.25. The van der Waals surface area contributed by atoms with Gasteiger partial charge in [0.1, 0.15) is 18.7 Å². The van der Waals surface area contributed by atoms with Crippen LogP contribution in [-0.4, -0.2) is 50.6 Å². The quantitative estimate of drug-likeness (QED) is 0.881. The van der Waals surface area contributed by atoms with E-state index in [1.54, 1.807) is 41.0 Å². The Morgan fingerprint density at radius 2 is 2.27 bits per heavy atom. The molecule has 1 aliphatic rings. The highest BCUT2D eigenvalue weighted by molar-refractivity contribution is 5.98. The van der Waals surface area contributed by atoms with Crippen molar-refractivity contribution < 1.29 is 9.59 Å². The second-order valence-electron chi connectivity index (χ2n) is 5.21. The van der Waals surface area contributed by atoms with E-state index < -0.39 is 6.04 Å². The number of carbonyl (C=O) groups excluding carboxylic acids is 2. The Morgan fingerprint density at radius 1 is 1.41 bits per heavy atom. The standard InChI is InChI=1S/C15H17N5O2/c1-11-14(21)17-6-3-7-19(11)15(22)12-4-2-5-13(8-12)20-10-16-9-18-20/h2,4-5,8-11H,3,6-7H2,1H3,(H,17,21). The topological polar surface area (TPSA) is 80.1 Å². The predicted octanol–water partition coefficient (Wildman–Crippen LogP) is 0.618. The molecule has 0 saturated carbocycles. The number of nitrogens with one attached hydrogen (secondary N) is 1. The van der Waals surface area contributed by atoms with Crippen LogP contribution in [0.15, 0.2) is 36.9 Å². The number of nitrogens with zero attached hydrogens (tertiary/aromatic N) is 4. The summed E-state index contributed by atoms with van der Waals surface area (Å²) in [6, 6.07) is 6.69. The van der Waals surface area contributed by atoms with Gasteiger partial charge in [-0.3, -0.25) is 9.59 Å². The van der Waals surface area contributed by atoms with Gasteiger partial charge in [0, 0.05) is 18.7 Å². The Labute approximate surface area is 127 Å². The molecule has 2 heterocycles. The van der Waals surface area contributed by atoms with Gasteiger partial charge in [0.15, 0.2) is 0 Å². The van der Waals surface area contributed by atoms with Crippen LogP contribution in [-0.2, 0) is 4.79 Å². The summed E-state index contributed by atoms with van der Waals surface area (Å²) in [6.07, 6.45) is 3.77. The third kappa shape index (κ3) is 2.69. The van der Waals surface area contributed by atoms with Crippen molar-refractivity contribution in [3.8, 4) is 5.69 Å². The molecule has 1 unspecified atom stereocenters. The number of hydrogen-bond acceptors (Lipinski definition) is 4. The summed E-state index contributed by atoms with van der Waals surface area (Å²) in [5.74, 6) is -0.259. The number of carbonyl (C=O) groups is 2. The third-order valence-corrected chi connectivity index (χ3v) is 3.76. The van der Waals surface area contributed by atoms with Crippen LogP contribution in [0.5, 0.6) is 0 Å². The van der Waals surface area contributed by atoms with E-state index in [0.717, 1.165) is 12.1 Å².